The minimum absolute atomic E-state index is 0.00160. The number of hydrogen-bond donors (Lipinski definition) is 2. The maximum atomic E-state index is 12.3. The summed E-state index contributed by atoms with van der Waals surface area (Å²) < 4.78 is 5.33. The zero-order valence-electron chi connectivity index (χ0n) is 13.8. The van der Waals surface area contributed by atoms with Crippen LogP contribution in [0.5, 0.6) is 5.75 Å². The molecule has 2 N–H and O–H groups in total. The molecule has 2 aromatic rings. The highest BCUT2D eigenvalue weighted by atomic mass is 16.5. The first-order valence-corrected chi connectivity index (χ1v) is 7.77. The van der Waals surface area contributed by atoms with E-state index in [0.29, 0.717) is 23.5 Å². The van der Waals surface area contributed by atoms with Gasteiger partial charge < -0.3 is 15.2 Å². The second kappa shape index (κ2) is 7.64. The van der Waals surface area contributed by atoms with Crippen LogP contribution in [0.4, 0.5) is 0 Å². The van der Waals surface area contributed by atoms with Gasteiger partial charge in [-0.05, 0) is 43.7 Å². The first-order chi connectivity index (χ1) is 11.5. The largest absolute Gasteiger partial charge is 0.494 e. The summed E-state index contributed by atoms with van der Waals surface area (Å²) in [5, 5.41) is 12.3. The molecule has 1 atom stereocenters. The van der Waals surface area contributed by atoms with E-state index >= 15 is 0 Å². The lowest BCUT2D eigenvalue weighted by Crippen LogP contribution is -2.44. The van der Waals surface area contributed by atoms with Crippen LogP contribution < -0.4 is 10.1 Å². The van der Waals surface area contributed by atoms with E-state index in [0.717, 1.165) is 0 Å². The zero-order valence-corrected chi connectivity index (χ0v) is 13.8. The van der Waals surface area contributed by atoms with Gasteiger partial charge in [0, 0.05) is 12.1 Å². The van der Waals surface area contributed by atoms with E-state index in [1.165, 1.54) is 0 Å². The van der Waals surface area contributed by atoms with Gasteiger partial charge in [0.15, 0.2) is 0 Å². The summed E-state index contributed by atoms with van der Waals surface area (Å²) in [7, 11) is 0. The third-order valence-electron chi connectivity index (χ3n) is 3.91. The lowest BCUT2D eigenvalue weighted by Gasteiger charge is -2.25. The van der Waals surface area contributed by atoms with Gasteiger partial charge in [0.2, 0.25) is 0 Å². The average molecular weight is 327 g/mol. The molecular weight excluding hydrogens is 306 g/mol. The molecule has 0 saturated carbocycles. The van der Waals surface area contributed by atoms with Crippen LogP contribution >= 0.6 is 0 Å². The van der Waals surface area contributed by atoms with E-state index in [1.807, 2.05) is 13.0 Å². The summed E-state index contributed by atoms with van der Waals surface area (Å²) in [6.07, 6.45) is 0. The molecule has 0 aliphatic rings. The monoisotopic (exact) mass is 327 g/mol. The fourth-order valence-electron chi connectivity index (χ4n) is 2.34. The molecule has 24 heavy (non-hydrogen) atoms. The number of nitrogens with one attached hydrogen (secondary N) is 1. The Kier molecular flexibility index (Phi) is 5.58. The lowest BCUT2D eigenvalue weighted by molar-refractivity contribution is -0.142. The molecule has 2 aromatic carbocycles. The zero-order chi connectivity index (χ0) is 17.6. The van der Waals surface area contributed by atoms with Crippen LogP contribution in [-0.4, -0.2) is 30.1 Å². The number of carboxylic acids is 1. The molecule has 0 aromatic heterocycles. The van der Waals surface area contributed by atoms with Crippen LogP contribution in [0.15, 0.2) is 54.6 Å². The number of carbonyl (C=O) groups excluding carboxylic acids is 1. The van der Waals surface area contributed by atoms with Gasteiger partial charge in [-0.2, -0.15) is 0 Å². The lowest BCUT2D eigenvalue weighted by atomic mass is 9.82. The van der Waals surface area contributed by atoms with Crippen LogP contribution in [0.2, 0.25) is 0 Å². The Hall–Kier alpha value is -2.82. The summed E-state index contributed by atoms with van der Waals surface area (Å²) in [5.41, 5.74) is -0.0916. The number of ether oxygens (including phenoxy) is 1. The first-order valence-electron chi connectivity index (χ1n) is 7.77. The van der Waals surface area contributed by atoms with E-state index in [-0.39, 0.29) is 12.5 Å². The van der Waals surface area contributed by atoms with Crippen LogP contribution in [0.1, 0.15) is 29.8 Å². The minimum atomic E-state index is -1.19. The second-order valence-corrected chi connectivity index (χ2v) is 5.64. The smallest absolute Gasteiger partial charge is 0.315 e. The second-order valence-electron chi connectivity index (χ2n) is 5.64. The number of aliphatic carboxylic acids is 1. The fraction of sp³-hybridized carbons (Fsp3) is 0.263. The Morgan fingerprint density at radius 3 is 2.25 bits per heavy atom. The van der Waals surface area contributed by atoms with Crippen molar-refractivity contribution in [3.8, 4) is 5.75 Å². The molecule has 0 bridgehead atoms. The standard InChI is InChI=1S/C19H21NO4/c1-3-24-16-11-9-14(10-12-16)17(21)20-13-19(2,18(22)23)15-7-5-4-6-8-15/h4-12H,3,13H2,1-2H3,(H,20,21)(H,22,23). The number of carbonyl (C=O) groups is 2. The van der Waals surface area contributed by atoms with E-state index in [2.05, 4.69) is 5.32 Å². The minimum Gasteiger partial charge on any atom is -0.494 e. The highest BCUT2D eigenvalue weighted by Crippen LogP contribution is 2.23. The molecule has 0 spiro atoms. The number of amides is 1. The van der Waals surface area contributed by atoms with Crippen molar-refractivity contribution in [3.63, 3.8) is 0 Å². The molecule has 0 aliphatic heterocycles. The molecule has 0 aliphatic carbocycles. The predicted molar refractivity (Wildman–Crippen MR) is 91.4 cm³/mol. The first kappa shape index (κ1) is 17.5. The van der Waals surface area contributed by atoms with Crippen molar-refractivity contribution in [2.24, 2.45) is 0 Å². The van der Waals surface area contributed by atoms with Crippen LogP contribution in [0.3, 0.4) is 0 Å². The van der Waals surface area contributed by atoms with Gasteiger partial charge in [-0.15, -0.1) is 0 Å². The average Bonchev–Trinajstić information content (AvgIpc) is 2.61. The van der Waals surface area contributed by atoms with Crippen LogP contribution in [0, 0.1) is 0 Å². The van der Waals surface area contributed by atoms with Crippen molar-refractivity contribution in [1.82, 2.24) is 5.32 Å². The number of carboxylic acid groups (broad SMARTS) is 1. The Balaban J connectivity index is 2.09. The summed E-state index contributed by atoms with van der Waals surface area (Å²) in [6.45, 7) is 4.04. The van der Waals surface area contributed by atoms with Gasteiger partial charge in [0.25, 0.3) is 5.91 Å². The molecule has 1 amide bonds. The molecule has 5 heteroatoms. The number of rotatable bonds is 7. The molecule has 1 unspecified atom stereocenters. The van der Waals surface area contributed by atoms with E-state index in [1.54, 1.807) is 55.5 Å². The summed E-state index contributed by atoms with van der Waals surface area (Å²) >= 11 is 0. The number of hydrogen-bond acceptors (Lipinski definition) is 3. The van der Waals surface area contributed by atoms with Crippen molar-refractivity contribution < 1.29 is 19.4 Å². The van der Waals surface area contributed by atoms with E-state index in [9.17, 15) is 14.7 Å². The van der Waals surface area contributed by atoms with E-state index < -0.39 is 11.4 Å². The SMILES string of the molecule is CCOc1ccc(C(=O)NCC(C)(C(=O)O)c2ccccc2)cc1. The third kappa shape index (κ3) is 3.93. The Morgan fingerprint density at radius 2 is 1.71 bits per heavy atom. The van der Waals surface area contributed by atoms with Crippen molar-refractivity contribution in [3.05, 3.63) is 65.7 Å². The predicted octanol–water partition coefficient (Wildman–Crippen LogP) is 2.86. The van der Waals surface area contributed by atoms with Crippen molar-refractivity contribution in [1.29, 1.82) is 0 Å². The van der Waals surface area contributed by atoms with Crippen molar-refractivity contribution >= 4 is 11.9 Å². The normalized spacial score (nSPS) is 12.9. The number of benzene rings is 2. The van der Waals surface area contributed by atoms with Gasteiger partial charge in [0.05, 0.1) is 6.61 Å². The molecule has 2 rings (SSSR count). The van der Waals surface area contributed by atoms with Gasteiger partial charge in [0.1, 0.15) is 11.2 Å². The maximum Gasteiger partial charge on any atom is 0.315 e. The Labute approximate surface area is 141 Å². The van der Waals surface area contributed by atoms with Gasteiger partial charge >= 0.3 is 5.97 Å². The quantitative estimate of drug-likeness (QED) is 0.820. The summed E-state index contributed by atoms with van der Waals surface area (Å²) in [5.74, 6) is -0.615. The Bertz CT molecular complexity index is 697. The summed E-state index contributed by atoms with van der Waals surface area (Å²) in [6, 6.07) is 15.6. The third-order valence-corrected chi connectivity index (χ3v) is 3.91. The highest BCUT2D eigenvalue weighted by molar-refractivity contribution is 5.95. The topological polar surface area (TPSA) is 75.6 Å². The van der Waals surface area contributed by atoms with Gasteiger partial charge in [-0.1, -0.05) is 30.3 Å². The highest BCUT2D eigenvalue weighted by Gasteiger charge is 2.35. The summed E-state index contributed by atoms with van der Waals surface area (Å²) in [4.78, 5) is 24.0. The molecule has 126 valence electrons. The molecule has 0 fully saturated rings. The Morgan fingerprint density at radius 1 is 1.08 bits per heavy atom. The fourth-order valence-corrected chi connectivity index (χ4v) is 2.34. The molecular formula is C19H21NO4. The maximum absolute atomic E-state index is 12.3. The van der Waals surface area contributed by atoms with Crippen LogP contribution in [0.25, 0.3) is 0 Å². The molecule has 0 radical (unpaired) electrons. The van der Waals surface area contributed by atoms with Crippen molar-refractivity contribution in [2.45, 2.75) is 19.3 Å². The molecule has 0 saturated heterocycles. The van der Waals surface area contributed by atoms with Crippen molar-refractivity contribution in [2.75, 3.05) is 13.2 Å². The van der Waals surface area contributed by atoms with Gasteiger partial charge in [-0.3, -0.25) is 9.59 Å². The molecule has 0 heterocycles. The van der Waals surface area contributed by atoms with Gasteiger partial charge in [-0.25, -0.2) is 0 Å². The van der Waals surface area contributed by atoms with E-state index in [4.69, 9.17) is 4.74 Å². The van der Waals surface area contributed by atoms with Crippen LogP contribution in [-0.2, 0) is 10.2 Å². The molecule has 5 nitrogen and oxygen atoms in total.